The van der Waals surface area contributed by atoms with Crippen LogP contribution in [0.25, 0.3) is 0 Å². The average Bonchev–Trinajstić information content (AvgIpc) is 3.52. The zero-order valence-corrected chi connectivity index (χ0v) is 18.7. The molecule has 2 aromatic rings. The number of halogens is 2. The molecule has 2 N–H and O–H groups in total. The molecule has 30 heavy (non-hydrogen) atoms. The molecule has 0 aromatic heterocycles. The van der Waals surface area contributed by atoms with Crippen molar-refractivity contribution in [2.24, 2.45) is 5.92 Å². The second kappa shape index (κ2) is 10.4. The first-order chi connectivity index (χ1) is 14.4. The van der Waals surface area contributed by atoms with E-state index in [1.165, 1.54) is 0 Å². The molecular formula is C23H26ClFNO3P. The summed E-state index contributed by atoms with van der Waals surface area (Å²) in [6.45, 7) is 2.06. The minimum atomic E-state index is -1.60. The summed E-state index contributed by atoms with van der Waals surface area (Å²) in [6.07, 6.45) is 0.707. The molecule has 1 saturated carbocycles. The molecule has 1 fully saturated rings. The van der Waals surface area contributed by atoms with E-state index < -0.39 is 12.4 Å². The topological polar surface area (TPSA) is 62.5 Å². The van der Waals surface area contributed by atoms with Crippen LogP contribution in [0.15, 0.2) is 59.7 Å². The number of hydrogen-bond acceptors (Lipinski definition) is 4. The Morgan fingerprint density at radius 1 is 1.23 bits per heavy atom. The normalized spacial score (nSPS) is 16.4. The maximum Gasteiger partial charge on any atom is 0.249 e. The fourth-order valence-electron chi connectivity index (χ4n) is 3.47. The van der Waals surface area contributed by atoms with Crippen molar-refractivity contribution in [3.05, 3.63) is 70.3 Å². The fourth-order valence-corrected chi connectivity index (χ4v) is 3.80. The largest absolute Gasteiger partial charge is 0.461 e. The van der Waals surface area contributed by atoms with Crippen LogP contribution in [0, 0.1) is 11.3 Å². The van der Waals surface area contributed by atoms with Gasteiger partial charge in [0.2, 0.25) is 12.4 Å². The Morgan fingerprint density at radius 2 is 1.97 bits per heavy atom. The first-order valence-corrected chi connectivity index (χ1v) is 11.0. The predicted octanol–water partition coefficient (Wildman–Crippen LogP) is 6.12. The van der Waals surface area contributed by atoms with Gasteiger partial charge >= 0.3 is 0 Å². The molecule has 3 rings (SSSR count). The lowest BCUT2D eigenvalue weighted by Crippen LogP contribution is -2.27. The molecule has 160 valence electrons. The molecule has 0 aliphatic heterocycles. The first-order valence-electron chi connectivity index (χ1n) is 9.98. The van der Waals surface area contributed by atoms with E-state index in [1.807, 2.05) is 9.24 Å². The van der Waals surface area contributed by atoms with Crippen molar-refractivity contribution in [3.8, 4) is 11.5 Å². The maximum absolute atomic E-state index is 13.5. The van der Waals surface area contributed by atoms with E-state index in [1.54, 1.807) is 48.5 Å². The molecule has 3 unspecified atom stereocenters. The molecular weight excluding hydrogens is 424 g/mol. The number of aliphatic hydroxyl groups excluding tert-OH is 1. The van der Waals surface area contributed by atoms with Crippen LogP contribution >= 0.6 is 20.8 Å². The monoisotopic (exact) mass is 449 g/mol. The highest BCUT2D eigenvalue weighted by atomic mass is 35.5. The summed E-state index contributed by atoms with van der Waals surface area (Å²) in [6, 6.07) is 13.5. The van der Waals surface area contributed by atoms with Gasteiger partial charge in [0.15, 0.2) is 0 Å². The van der Waals surface area contributed by atoms with Gasteiger partial charge in [-0.05, 0) is 55.5 Å². The van der Waals surface area contributed by atoms with E-state index in [0.29, 0.717) is 27.8 Å². The molecule has 2 aromatic carbocycles. The Morgan fingerprint density at radius 3 is 2.60 bits per heavy atom. The number of allylic oxidation sites excluding steroid dienone is 1. The summed E-state index contributed by atoms with van der Waals surface area (Å²) in [5.74, 6) is 0.969. The minimum absolute atomic E-state index is 0.0705. The molecule has 7 heteroatoms. The molecule has 0 heterocycles. The van der Waals surface area contributed by atoms with Gasteiger partial charge in [-0.2, -0.15) is 4.39 Å². The van der Waals surface area contributed by atoms with Gasteiger partial charge in [-0.3, -0.25) is 5.41 Å². The van der Waals surface area contributed by atoms with E-state index in [-0.39, 0.29) is 11.5 Å². The highest BCUT2D eigenvalue weighted by molar-refractivity contribution is 7.16. The lowest BCUT2D eigenvalue weighted by atomic mass is 9.91. The first kappa shape index (κ1) is 22.7. The summed E-state index contributed by atoms with van der Waals surface area (Å²) in [7, 11) is 1.94. The van der Waals surface area contributed by atoms with Gasteiger partial charge in [0, 0.05) is 16.2 Å². The summed E-state index contributed by atoms with van der Waals surface area (Å²) < 4.78 is 24.5. The van der Waals surface area contributed by atoms with Crippen molar-refractivity contribution >= 4 is 26.6 Å². The van der Waals surface area contributed by atoms with Crippen LogP contribution in [-0.4, -0.2) is 23.2 Å². The van der Waals surface area contributed by atoms with Crippen molar-refractivity contribution in [3.63, 3.8) is 0 Å². The highest BCUT2D eigenvalue weighted by Gasteiger charge is 2.33. The highest BCUT2D eigenvalue weighted by Crippen LogP contribution is 2.42. The zero-order chi connectivity index (χ0) is 21.7. The van der Waals surface area contributed by atoms with E-state index in [0.717, 1.165) is 31.3 Å². The Kier molecular flexibility index (Phi) is 7.87. The van der Waals surface area contributed by atoms with Gasteiger partial charge in [-0.15, -0.1) is 0 Å². The zero-order valence-electron chi connectivity index (χ0n) is 16.8. The molecule has 1 aliphatic rings. The Hall–Kier alpha value is -1.94. The summed E-state index contributed by atoms with van der Waals surface area (Å²) >= 11 is 6.04. The molecule has 0 bridgehead atoms. The third kappa shape index (κ3) is 5.81. The quantitative estimate of drug-likeness (QED) is 0.261. The van der Waals surface area contributed by atoms with Crippen molar-refractivity contribution in [1.29, 1.82) is 5.41 Å². The number of para-hydroxylation sites is 1. The smallest absolute Gasteiger partial charge is 0.249 e. The van der Waals surface area contributed by atoms with Crippen LogP contribution in [-0.2, 0) is 0 Å². The lowest BCUT2D eigenvalue weighted by Gasteiger charge is -2.23. The van der Waals surface area contributed by atoms with Gasteiger partial charge in [0.1, 0.15) is 11.5 Å². The van der Waals surface area contributed by atoms with Gasteiger partial charge < -0.3 is 14.6 Å². The molecule has 0 saturated heterocycles. The molecule has 0 spiro atoms. The third-order valence-corrected chi connectivity index (χ3v) is 5.26. The van der Waals surface area contributed by atoms with E-state index in [9.17, 15) is 9.50 Å². The number of aliphatic hydroxyl groups is 1. The van der Waals surface area contributed by atoms with E-state index >= 15 is 0 Å². The lowest BCUT2D eigenvalue weighted by molar-refractivity contribution is 0.0182. The fraction of sp³-hybridized carbons (Fsp3) is 0.348. The number of nitrogens with one attached hydrogen (secondary N) is 1. The van der Waals surface area contributed by atoms with Crippen LogP contribution in [0.1, 0.15) is 38.2 Å². The van der Waals surface area contributed by atoms with Gasteiger partial charge in [0.25, 0.3) is 0 Å². The van der Waals surface area contributed by atoms with Gasteiger partial charge in [-0.25, -0.2) is 0 Å². The van der Waals surface area contributed by atoms with Crippen molar-refractivity contribution in [2.75, 3.05) is 0 Å². The van der Waals surface area contributed by atoms with Gasteiger partial charge in [0.05, 0.1) is 5.71 Å². The molecule has 3 atom stereocenters. The van der Waals surface area contributed by atoms with Crippen molar-refractivity contribution in [2.45, 2.75) is 45.0 Å². The molecule has 0 radical (unpaired) electrons. The Labute approximate surface area is 183 Å². The summed E-state index contributed by atoms with van der Waals surface area (Å²) in [5, 5.41) is 20.4. The third-order valence-electron chi connectivity index (χ3n) is 4.89. The summed E-state index contributed by atoms with van der Waals surface area (Å²) in [4.78, 5) is 0. The van der Waals surface area contributed by atoms with Crippen LogP contribution in [0.4, 0.5) is 4.39 Å². The van der Waals surface area contributed by atoms with Crippen LogP contribution in [0.2, 0.25) is 5.02 Å². The average molecular weight is 450 g/mol. The second-order valence-electron chi connectivity index (χ2n) is 7.23. The summed E-state index contributed by atoms with van der Waals surface area (Å²) in [5.41, 5.74) is 1.89. The van der Waals surface area contributed by atoms with Crippen LogP contribution < -0.4 is 9.47 Å². The number of hydrogen-bond donors (Lipinski definition) is 2. The van der Waals surface area contributed by atoms with Crippen LogP contribution in [0.3, 0.4) is 0 Å². The second-order valence-corrected chi connectivity index (χ2v) is 8.19. The van der Waals surface area contributed by atoms with Crippen molar-refractivity contribution in [1.82, 2.24) is 0 Å². The van der Waals surface area contributed by atoms with Crippen LogP contribution in [0.5, 0.6) is 11.5 Å². The number of rotatable bonds is 10. The number of benzene rings is 2. The van der Waals surface area contributed by atoms with Gasteiger partial charge in [-0.1, -0.05) is 58.0 Å². The Balaban J connectivity index is 2.02. The molecule has 1 aliphatic carbocycles. The van der Waals surface area contributed by atoms with Crippen molar-refractivity contribution < 1.29 is 19.0 Å². The number of ether oxygens (including phenoxy) is 2. The number of alkyl halides is 1. The molecule has 0 amide bonds. The standard InChI is InChI=1S/C23H26ClFNO3P/c1-2-6-17(14-11-12-14)20(22(27)28-16-8-5-7-15(24)13-16)21(26)18-9-3-4-10-19(18)29-23(25)30/h3-5,7-10,13-14,22-23,26-27H,2,6,11-12,30H2,1H3/b20-17-,26-21?. The Bertz CT molecular complexity index is 930. The van der Waals surface area contributed by atoms with E-state index in [2.05, 4.69) is 6.92 Å². The SMILES string of the molecule is CCC/C(=C(\C(=N)c1ccccc1OC(F)P)C(O)Oc1cccc(Cl)c1)C1CC1. The maximum atomic E-state index is 13.5. The minimum Gasteiger partial charge on any atom is -0.461 e. The predicted molar refractivity (Wildman–Crippen MR) is 121 cm³/mol. The molecule has 4 nitrogen and oxygen atoms in total. The van der Waals surface area contributed by atoms with E-state index in [4.69, 9.17) is 26.5 Å².